The van der Waals surface area contributed by atoms with Crippen LogP contribution in [0.2, 0.25) is 0 Å². The van der Waals surface area contributed by atoms with E-state index in [0.29, 0.717) is 11.6 Å². The van der Waals surface area contributed by atoms with Gasteiger partial charge in [-0.15, -0.1) is 0 Å². The summed E-state index contributed by atoms with van der Waals surface area (Å²) in [6, 6.07) is 11.3. The molecule has 2 heterocycles. The van der Waals surface area contributed by atoms with Gasteiger partial charge in [-0.1, -0.05) is 0 Å². The van der Waals surface area contributed by atoms with Crippen LogP contribution in [-0.2, 0) is 0 Å². The lowest BCUT2D eigenvalue weighted by Gasteiger charge is -2.22. The largest absolute Gasteiger partial charge is 0.370 e. The molecule has 0 radical (unpaired) electrons. The van der Waals surface area contributed by atoms with Crippen molar-refractivity contribution in [3.63, 3.8) is 0 Å². The van der Waals surface area contributed by atoms with Gasteiger partial charge >= 0.3 is 0 Å². The molecule has 0 aliphatic carbocycles. The van der Waals surface area contributed by atoms with Crippen molar-refractivity contribution in [2.45, 2.75) is 12.5 Å². The molecule has 1 amide bonds. The number of H-pyrrole nitrogens is 1. The smallest absolute Gasteiger partial charge is 0.257 e. The van der Waals surface area contributed by atoms with Crippen molar-refractivity contribution in [2.75, 3.05) is 37.4 Å². The lowest BCUT2D eigenvalue weighted by atomic mass is 10.2. The van der Waals surface area contributed by atoms with Crippen LogP contribution in [0.25, 0.3) is 0 Å². The summed E-state index contributed by atoms with van der Waals surface area (Å²) in [5, 5.41) is 2.83. The molecule has 1 aromatic carbocycles. The molecule has 6 heteroatoms. The third kappa shape index (κ3) is 3.65. The van der Waals surface area contributed by atoms with Gasteiger partial charge in [0.2, 0.25) is 5.56 Å². The number of aromatic amines is 1. The number of nitrogens with one attached hydrogen (secondary N) is 2. The topological polar surface area (TPSA) is 68.4 Å². The van der Waals surface area contributed by atoms with Gasteiger partial charge in [0.1, 0.15) is 0 Å². The Bertz CT molecular complexity index is 747. The van der Waals surface area contributed by atoms with Crippen molar-refractivity contribution in [3.8, 4) is 0 Å². The minimum absolute atomic E-state index is 0.224. The van der Waals surface area contributed by atoms with Gasteiger partial charge in [-0.25, -0.2) is 0 Å². The van der Waals surface area contributed by atoms with Gasteiger partial charge in [-0.05, 0) is 50.8 Å². The van der Waals surface area contributed by atoms with Crippen LogP contribution in [0.15, 0.2) is 47.4 Å². The first-order valence-electron chi connectivity index (χ1n) is 8.04. The molecule has 1 fully saturated rings. The van der Waals surface area contributed by atoms with E-state index in [-0.39, 0.29) is 11.5 Å². The number of carbonyl (C=O) groups is 1. The van der Waals surface area contributed by atoms with E-state index in [4.69, 9.17) is 0 Å². The molecule has 1 aliphatic heterocycles. The lowest BCUT2D eigenvalue weighted by molar-refractivity contribution is 0.102. The lowest BCUT2D eigenvalue weighted by Crippen LogP contribution is -2.31. The molecule has 2 aromatic rings. The zero-order chi connectivity index (χ0) is 17.1. The molecule has 1 unspecified atom stereocenters. The Kier molecular flexibility index (Phi) is 4.66. The molecule has 1 atom stereocenters. The van der Waals surface area contributed by atoms with Gasteiger partial charge in [0.25, 0.3) is 5.91 Å². The van der Waals surface area contributed by atoms with E-state index < -0.39 is 0 Å². The first-order chi connectivity index (χ1) is 11.5. The summed E-state index contributed by atoms with van der Waals surface area (Å²) in [6.07, 6.45) is 2.58. The summed E-state index contributed by atoms with van der Waals surface area (Å²) in [5.41, 5.74) is 2.10. The maximum Gasteiger partial charge on any atom is 0.257 e. The molecular weight excluding hydrogens is 304 g/mol. The summed E-state index contributed by atoms with van der Waals surface area (Å²) < 4.78 is 0. The van der Waals surface area contributed by atoms with E-state index in [0.717, 1.165) is 25.2 Å². The van der Waals surface area contributed by atoms with E-state index in [1.165, 1.54) is 24.0 Å². The molecule has 1 saturated heterocycles. The standard InChI is InChI=1S/C18H22N4O2/c1-21(2)16-9-10-22(12-16)15-6-4-14(5-7-15)20-18(24)13-3-8-17(23)19-11-13/h3-8,11,16H,9-10,12H2,1-2H3,(H,19,23)(H,20,24). The van der Waals surface area contributed by atoms with Crippen molar-refractivity contribution >= 4 is 17.3 Å². The molecule has 0 saturated carbocycles. The first kappa shape index (κ1) is 16.3. The fourth-order valence-electron chi connectivity index (χ4n) is 2.91. The molecule has 6 nitrogen and oxygen atoms in total. The van der Waals surface area contributed by atoms with Crippen LogP contribution in [-0.4, -0.2) is 49.0 Å². The number of anilines is 2. The highest BCUT2D eigenvalue weighted by Crippen LogP contribution is 2.23. The predicted molar refractivity (Wildman–Crippen MR) is 95.8 cm³/mol. The van der Waals surface area contributed by atoms with Crippen LogP contribution in [0.3, 0.4) is 0 Å². The van der Waals surface area contributed by atoms with Crippen LogP contribution in [0.5, 0.6) is 0 Å². The Labute approximate surface area is 141 Å². The molecule has 2 N–H and O–H groups in total. The van der Waals surface area contributed by atoms with Crippen LogP contribution >= 0.6 is 0 Å². The van der Waals surface area contributed by atoms with E-state index >= 15 is 0 Å². The Morgan fingerprint density at radius 1 is 1.21 bits per heavy atom. The summed E-state index contributed by atoms with van der Waals surface area (Å²) in [5.74, 6) is -0.243. The Morgan fingerprint density at radius 3 is 2.54 bits per heavy atom. The zero-order valence-electron chi connectivity index (χ0n) is 14.0. The highest BCUT2D eigenvalue weighted by molar-refractivity contribution is 6.04. The van der Waals surface area contributed by atoms with Crippen LogP contribution in [0, 0.1) is 0 Å². The Morgan fingerprint density at radius 2 is 1.96 bits per heavy atom. The Hall–Kier alpha value is -2.60. The average Bonchev–Trinajstić information content (AvgIpc) is 3.06. The van der Waals surface area contributed by atoms with E-state index in [2.05, 4.69) is 34.2 Å². The van der Waals surface area contributed by atoms with Crippen LogP contribution < -0.4 is 15.8 Å². The minimum Gasteiger partial charge on any atom is -0.370 e. The monoisotopic (exact) mass is 326 g/mol. The molecule has 24 heavy (non-hydrogen) atoms. The van der Waals surface area contributed by atoms with Crippen molar-refractivity contribution < 1.29 is 4.79 Å². The molecular formula is C18H22N4O2. The minimum atomic E-state index is -0.243. The van der Waals surface area contributed by atoms with Crippen molar-refractivity contribution in [3.05, 3.63) is 58.5 Å². The number of carbonyl (C=O) groups excluding carboxylic acids is 1. The fourth-order valence-corrected chi connectivity index (χ4v) is 2.91. The van der Waals surface area contributed by atoms with E-state index in [1.807, 2.05) is 24.3 Å². The van der Waals surface area contributed by atoms with Gasteiger partial charge in [-0.3, -0.25) is 9.59 Å². The number of aromatic nitrogens is 1. The average molecular weight is 326 g/mol. The highest BCUT2D eigenvalue weighted by Gasteiger charge is 2.23. The number of pyridine rings is 1. The number of benzene rings is 1. The molecule has 0 bridgehead atoms. The van der Waals surface area contributed by atoms with Crippen molar-refractivity contribution in [2.24, 2.45) is 0 Å². The number of likely N-dealkylation sites (N-methyl/N-ethyl adjacent to an activating group) is 1. The Balaban J connectivity index is 1.63. The maximum absolute atomic E-state index is 12.1. The summed E-state index contributed by atoms with van der Waals surface area (Å²) >= 11 is 0. The zero-order valence-corrected chi connectivity index (χ0v) is 14.0. The van der Waals surface area contributed by atoms with Gasteiger partial charge < -0.3 is 20.1 Å². The van der Waals surface area contributed by atoms with E-state index in [9.17, 15) is 9.59 Å². The van der Waals surface area contributed by atoms with E-state index in [1.54, 1.807) is 0 Å². The molecule has 3 rings (SSSR count). The second-order valence-corrected chi connectivity index (χ2v) is 6.29. The quantitative estimate of drug-likeness (QED) is 0.898. The highest BCUT2D eigenvalue weighted by atomic mass is 16.1. The number of hydrogen-bond acceptors (Lipinski definition) is 4. The predicted octanol–water partition coefficient (Wildman–Crippen LogP) is 1.77. The number of hydrogen-bond donors (Lipinski definition) is 2. The second kappa shape index (κ2) is 6.88. The third-order valence-corrected chi connectivity index (χ3v) is 4.43. The maximum atomic E-state index is 12.1. The van der Waals surface area contributed by atoms with Gasteiger partial charge in [0.15, 0.2) is 0 Å². The summed E-state index contributed by atoms with van der Waals surface area (Å²) in [4.78, 5) is 30.3. The summed E-state index contributed by atoms with van der Waals surface area (Å²) in [6.45, 7) is 2.07. The molecule has 0 spiro atoms. The SMILES string of the molecule is CN(C)C1CCN(c2ccc(NC(=O)c3ccc(=O)[nH]c3)cc2)C1. The normalized spacial score (nSPS) is 17.3. The number of amides is 1. The summed E-state index contributed by atoms with van der Waals surface area (Å²) in [7, 11) is 4.23. The van der Waals surface area contributed by atoms with Gasteiger partial charge in [-0.2, -0.15) is 0 Å². The van der Waals surface area contributed by atoms with Crippen molar-refractivity contribution in [1.82, 2.24) is 9.88 Å². The fraction of sp³-hybridized carbons (Fsp3) is 0.333. The number of rotatable bonds is 4. The second-order valence-electron chi connectivity index (χ2n) is 6.29. The van der Waals surface area contributed by atoms with Gasteiger partial charge in [0, 0.05) is 42.8 Å². The van der Waals surface area contributed by atoms with Crippen LogP contribution in [0.1, 0.15) is 16.8 Å². The molecule has 1 aliphatic rings. The molecule has 126 valence electrons. The molecule has 1 aromatic heterocycles. The van der Waals surface area contributed by atoms with Crippen molar-refractivity contribution in [1.29, 1.82) is 0 Å². The van der Waals surface area contributed by atoms with Crippen LogP contribution in [0.4, 0.5) is 11.4 Å². The number of nitrogens with zero attached hydrogens (tertiary/aromatic N) is 2. The van der Waals surface area contributed by atoms with Gasteiger partial charge in [0.05, 0.1) is 5.56 Å². The third-order valence-electron chi connectivity index (χ3n) is 4.43. The first-order valence-corrected chi connectivity index (χ1v) is 8.04.